The number of esters is 2. The predicted octanol–water partition coefficient (Wildman–Crippen LogP) is 4.45. The number of ether oxygens (including phenoxy) is 3. The molecule has 0 spiro atoms. The Kier molecular flexibility index (Phi) is 8.38. The van der Waals surface area contributed by atoms with Crippen LogP contribution in [0.4, 0.5) is 5.69 Å². The third-order valence-electron chi connectivity index (χ3n) is 5.84. The summed E-state index contributed by atoms with van der Waals surface area (Å²) < 4.78 is 16.3. The third-order valence-corrected chi connectivity index (χ3v) is 5.84. The summed E-state index contributed by atoms with van der Waals surface area (Å²) in [7, 11) is 1.25. The average Bonchev–Trinajstić information content (AvgIpc) is 2.87. The lowest BCUT2D eigenvalue weighted by Crippen LogP contribution is -2.36. The number of nitro benzene ring substituents is 1. The zero-order valence-electron chi connectivity index (χ0n) is 20.1. The van der Waals surface area contributed by atoms with Crippen LogP contribution in [0.5, 0.6) is 0 Å². The minimum atomic E-state index is -0.927. The van der Waals surface area contributed by atoms with Crippen molar-refractivity contribution in [2.24, 2.45) is 0 Å². The standard InChI is InChI=1S/C26H28N2O7/c1-5-34-16-27-17(2)22(25(29)33-4)24(20-12-9-13-21(14-20)28(31)32)23(18(27)3)26(30)35-15-19-10-7-6-8-11-19/h6-14,24H,5,15-16H2,1-4H3. The lowest BCUT2D eigenvalue weighted by molar-refractivity contribution is -0.384. The molecule has 1 heterocycles. The van der Waals surface area contributed by atoms with Crippen molar-refractivity contribution in [3.05, 3.63) is 98.4 Å². The molecule has 1 aliphatic rings. The summed E-state index contributed by atoms with van der Waals surface area (Å²) in [5.41, 5.74) is 2.47. The van der Waals surface area contributed by atoms with E-state index in [-0.39, 0.29) is 30.2 Å². The van der Waals surface area contributed by atoms with Crippen LogP contribution >= 0.6 is 0 Å². The second-order valence-electron chi connectivity index (χ2n) is 7.89. The van der Waals surface area contributed by atoms with Gasteiger partial charge in [0.1, 0.15) is 13.3 Å². The summed E-state index contributed by atoms with van der Waals surface area (Å²) >= 11 is 0. The van der Waals surface area contributed by atoms with Gasteiger partial charge in [-0.2, -0.15) is 0 Å². The second kappa shape index (κ2) is 11.4. The normalized spacial score (nSPS) is 15.8. The van der Waals surface area contributed by atoms with Crippen LogP contribution in [0.1, 0.15) is 37.8 Å². The van der Waals surface area contributed by atoms with Gasteiger partial charge in [0, 0.05) is 30.1 Å². The van der Waals surface area contributed by atoms with E-state index in [1.807, 2.05) is 37.3 Å². The van der Waals surface area contributed by atoms with Gasteiger partial charge in [0.25, 0.3) is 5.69 Å². The van der Waals surface area contributed by atoms with E-state index in [2.05, 4.69) is 0 Å². The number of allylic oxidation sites excluding steroid dienone is 2. The number of hydrogen-bond acceptors (Lipinski definition) is 8. The zero-order chi connectivity index (χ0) is 25.5. The largest absolute Gasteiger partial charge is 0.466 e. The zero-order valence-corrected chi connectivity index (χ0v) is 20.1. The number of rotatable bonds is 9. The first-order chi connectivity index (χ1) is 16.8. The van der Waals surface area contributed by atoms with Gasteiger partial charge in [0.15, 0.2) is 0 Å². The molecular formula is C26H28N2O7. The van der Waals surface area contributed by atoms with E-state index in [9.17, 15) is 19.7 Å². The number of carbonyl (C=O) groups is 2. The van der Waals surface area contributed by atoms with Crippen LogP contribution in [-0.2, 0) is 30.4 Å². The Morgan fingerprint density at radius 2 is 1.66 bits per heavy atom. The molecule has 2 aromatic carbocycles. The maximum Gasteiger partial charge on any atom is 0.337 e. The van der Waals surface area contributed by atoms with Gasteiger partial charge >= 0.3 is 11.9 Å². The van der Waals surface area contributed by atoms with Crippen molar-refractivity contribution in [3.63, 3.8) is 0 Å². The molecule has 1 aliphatic heterocycles. The smallest absolute Gasteiger partial charge is 0.337 e. The van der Waals surface area contributed by atoms with Gasteiger partial charge in [-0.3, -0.25) is 10.1 Å². The number of nitrogens with zero attached hydrogens (tertiary/aromatic N) is 2. The minimum absolute atomic E-state index is 0.0276. The van der Waals surface area contributed by atoms with Crippen molar-refractivity contribution < 1.29 is 28.7 Å². The molecule has 35 heavy (non-hydrogen) atoms. The molecule has 1 unspecified atom stereocenters. The molecule has 3 rings (SSSR count). The number of carbonyl (C=O) groups excluding carboxylic acids is 2. The first-order valence-electron chi connectivity index (χ1n) is 11.1. The molecule has 9 heteroatoms. The second-order valence-corrected chi connectivity index (χ2v) is 7.89. The Balaban J connectivity index is 2.15. The fraction of sp³-hybridized carbons (Fsp3) is 0.308. The van der Waals surface area contributed by atoms with E-state index in [1.54, 1.807) is 24.8 Å². The highest BCUT2D eigenvalue weighted by atomic mass is 16.6. The summed E-state index contributed by atoms with van der Waals surface area (Å²) in [6.07, 6.45) is 0. The Morgan fingerprint density at radius 1 is 1.00 bits per heavy atom. The quantitative estimate of drug-likeness (QED) is 0.294. The van der Waals surface area contributed by atoms with E-state index in [1.165, 1.54) is 25.3 Å². The van der Waals surface area contributed by atoms with Crippen LogP contribution < -0.4 is 0 Å². The Morgan fingerprint density at radius 3 is 2.26 bits per heavy atom. The topological polar surface area (TPSA) is 108 Å². The van der Waals surface area contributed by atoms with Crippen molar-refractivity contribution in [3.8, 4) is 0 Å². The summed E-state index contributed by atoms with van der Waals surface area (Å²) in [5, 5.41) is 11.5. The van der Waals surface area contributed by atoms with Crippen LogP contribution in [0.15, 0.2) is 77.1 Å². The van der Waals surface area contributed by atoms with Crippen molar-refractivity contribution >= 4 is 17.6 Å². The van der Waals surface area contributed by atoms with E-state index < -0.39 is 22.8 Å². The molecule has 0 amide bonds. The number of benzene rings is 2. The van der Waals surface area contributed by atoms with Gasteiger partial charge in [-0.1, -0.05) is 42.5 Å². The maximum absolute atomic E-state index is 13.5. The molecule has 0 fully saturated rings. The summed E-state index contributed by atoms with van der Waals surface area (Å²) in [6.45, 7) is 5.85. The molecule has 9 nitrogen and oxygen atoms in total. The molecular weight excluding hydrogens is 452 g/mol. The number of hydrogen-bond donors (Lipinski definition) is 0. The van der Waals surface area contributed by atoms with Crippen LogP contribution in [0, 0.1) is 10.1 Å². The van der Waals surface area contributed by atoms with Crippen LogP contribution in [0.25, 0.3) is 0 Å². The third kappa shape index (κ3) is 5.58. The Labute approximate surface area is 203 Å². The number of non-ortho nitro benzene ring substituents is 1. The lowest BCUT2D eigenvalue weighted by Gasteiger charge is -2.37. The van der Waals surface area contributed by atoms with Gasteiger partial charge in [-0.15, -0.1) is 0 Å². The fourth-order valence-corrected chi connectivity index (χ4v) is 4.07. The number of methoxy groups -OCH3 is 1. The fourth-order valence-electron chi connectivity index (χ4n) is 4.07. The number of nitro groups is 1. The van der Waals surface area contributed by atoms with Crippen molar-refractivity contribution in [1.29, 1.82) is 0 Å². The SMILES string of the molecule is CCOCN1C(C)=C(C(=O)OC)C(c2cccc([N+](=O)[O-])c2)C(C(=O)OCc2ccccc2)=C1C. The van der Waals surface area contributed by atoms with Crippen molar-refractivity contribution in [1.82, 2.24) is 4.90 Å². The van der Waals surface area contributed by atoms with Crippen molar-refractivity contribution in [2.75, 3.05) is 20.4 Å². The van der Waals surface area contributed by atoms with Crippen LogP contribution in [0.3, 0.4) is 0 Å². The molecule has 0 N–H and O–H groups in total. The maximum atomic E-state index is 13.5. The molecule has 0 saturated heterocycles. The molecule has 0 aromatic heterocycles. The van der Waals surface area contributed by atoms with Crippen LogP contribution in [0.2, 0.25) is 0 Å². The van der Waals surface area contributed by atoms with Gasteiger partial charge in [0.05, 0.1) is 29.1 Å². The highest BCUT2D eigenvalue weighted by Gasteiger charge is 2.41. The highest BCUT2D eigenvalue weighted by Crippen LogP contribution is 2.43. The first kappa shape index (κ1) is 25.6. The van der Waals surface area contributed by atoms with Gasteiger partial charge < -0.3 is 19.1 Å². The summed E-state index contributed by atoms with van der Waals surface area (Å²) in [4.78, 5) is 39.2. The van der Waals surface area contributed by atoms with E-state index in [0.717, 1.165) is 5.56 Å². The summed E-state index contributed by atoms with van der Waals surface area (Å²) in [5.74, 6) is -2.22. The highest BCUT2D eigenvalue weighted by molar-refractivity contribution is 5.99. The molecule has 184 valence electrons. The van der Waals surface area contributed by atoms with E-state index in [0.29, 0.717) is 23.6 Å². The molecule has 0 bridgehead atoms. The molecule has 1 atom stereocenters. The van der Waals surface area contributed by atoms with Crippen molar-refractivity contribution in [2.45, 2.75) is 33.3 Å². The van der Waals surface area contributed by atoms with E-state index >= 15 is 0 Å². The van der Waals surface area contributed by atoms with E-state index in [4.69, 9.17) is 14.2 Å². The van der Waals surface area contributed by atoms with Gasteiger partial charge in [0.2, 0.25) is 0 Å². The van der Waals surface area contributed by atoms with Gasteiger partial charge in [-0.05, 0) is 31.9 Å². The van der Waals surface area contributed by atoms with Gasteiger partial charge in [-0.25, -0.2) is 9.59 Å². The Hall–Kier alpha value is -3.98. The molecule has 0 aliphatic carbocycles. The minimum Gasteiger partial charge on any atom is -0.466 e. The molecule has 0 radical (unpaired) electrons. The average molecular weight is 481 g/mol. The molecule has 0 saturated carbocycles. The first-order valence-corrected chi connectivity index (χ1v) is 11.1. The summed E-state index contributed by atoms with van der Waals surface area (Å²) in [6, 6.07) is 15.1. The Bertz CT molecular complexity index is 1170. The molecule has 2 aromatic rings. The van der Waals surface area contributed by atoms with Crippen LogP contribution in [-0.4, -0.2) is 42.2 Å². The monoisotopic (exact) mass is 480 g/mol. The predicted molar refractivity (Wildman–Crippen MR) is 128 cm³/mol. The lowest BCUT2D eigenvalue weighted by atomic mass is 9.79.